The first-order valence-corrected chi connectivity index (χ1v) is 4.47. The highest BCUT2D eigenvalue weighted by Crippen LogP contribution is 2.26. The Hall–Kier alpha value is 0.0200. The molecule has 0 unspecified atom stereocenters. The molecule has 1 rings (SSSR count). The van der Waals surface area contributed by atoms with Gasteiger partial charge in [-0.15, -0.1) is 0 Å². The topological polar surface area (TPSA) is 17.1 Å². The molecule has 0 bridgehead atoms. The van der Waals surface area contributed by atoms with E-state index in [4.69, 9.17) is 0 Å². The van der Waals surface area contributed by atoms with Crippen molar-refractivity contribution in [1.29, 1.82) is 0 Å². The summed E-state index contributed by atoms with van der Waals surface area (Å²) in [6, 6.07) is 0. The van der Waals surface area contributed by atoms with E-state index in [-0.39, 0.29) is 0 Å². The molecular formula is C7H12OS. The van der Waals surface area contributed by atoms with Crippen molar-refractivity contribution >= 4 is 17.4 Å². The van der Waals surface area contributed by atoms with Gasteiger partial charge in [0, 0.05) is 5.25 Å². The molecule has 52 valence electrons. The van der Waals surface area contributed by atoms with Crippen LogP contribution in [0.25, 0.3) is 0 Å². The van der Waals surface area contributed by atoms with E-state index in [9.17, 15) is 4.79 Å². The van der Waals surface area contributed by atoms with Gasteiger partial charge in [0.15, 0.2) is 5.62 Å². The zero-order valence-electron chi connectivity index (χ0n) is 5.51. The average molecular weight is 144 g/mol. The minimum Gasteiger partial charge on any atom is -0.291 e. The van der Waals surface area contributed by atoms with E-state index in [1.807, 2.05) is 0 Å². The van der Waals surface area contributed by atoms with Crippen LogP contribution < -0.4 is 0 Å². The number of carbonyl (C=O) groups excluding carboxylic acids is 1. The molecule has 2 heteroatoms. The van der Waals surface area contributed by atoms with Crippen LogP contribution in [0.3, 0.4) is 0 Å². The molecule has 0 aromatic heterocycles. The maximum Gasteiger partial charge on any atom is 0.176 e. The quantitative estimate of drug-likeness (QED) is 0.553. The molecule has 0 aliphatic heterocycles. The van der Waals surface area contributed by atoms with Gasteiger partial charge in [0.25, 0.3) is 0 Å². The third-order valence-electron chi connectivity index (χ3n) is 1.80. The molecule has 0 N–H and O–H groups in total. The van der Waals surface area contributed by atoms with Gasteiger partial charge in [-0.1, -0.05) is 31.0 Å². The van der Waals surface area contributed by atoms with Crippen LogP contribution in [0.5, 0.6) is 0 Å². The minimum atomic E-state index is 0.649. The number of rotatable bonds is 2. The lowest BCUT2D eigenvalue weighted by molar-refractivity contribution is 0.516. The fraction of sp³-hybridized carbons (Fsp3) is 0.857. The van der Waals surface area contributed by atoms with Crippen LogP contribution in [0, 0.1) is 0 Å². The van der Waals surface area contributed by atoms with Crippen LogP contribution in [0.1, 0.15) is 32.1 Å². The first-order chi connectivity index (χ1) is 4.43. The van der Waals surface area contributed by atoms with Gasteiger partial charge in [-0.05, 0) is 12.8 Å². The molecule has 0 atom stereocenters. The van der Waals surface area contributed by atoms with Gasteiger partial charge in [0.2, 0.25) is 0 Å². The molecule has 0 heterocycles. The van der Waals surface area contributed by atoms with Crippen molar-refractivity contribution in [1.82, 2.24) is 0 Å². The van der Waals surface area contributed by atoms with E-state index in [1.165, 1.54) is 43.9 Å². The molecule has 1 fully saturated rings. The second kappa shape index (κ2) is 3.94. The van der Waals surface area contributed by atoms with Gasteiger partial charge in [-0.25, -0.2) is 0 Å². The van der Waals surface area contributed by atoms with Gasteiger partial charge in [-0.2, -0.15) is 0 Å². The van der Waals surface area contributed by atoms with Crippen molar-refractivity contribution in [2.75, 3.05) is 0 Å². The Bertz CT molecular complexity index is 86.9. The SMILES string of the molecule is O=CSC1CCCCC1. The lowest BCUT2D eigenvalue weighted by atomic mass is 10.0. The predicted molar refractivity (Wildman–Crippen MR) is 41.2 cm³/mol. The molecule has 0 aromatic carbocycles. The second-order valence-electron chi connectivity index (χ2n) is 2.49. The van der Waals surface area contributed by atoms with Gasteiger partial charge in [0.1, 0.15) is 0 Å². The Morgan fingerprint density at radius 1 is 1.22 bits per heavy atom. The van der Waals surface area contributed by atoms with Crippen LogP contribution >= 0.6 is 11.8 Å². The van der Waals surface area contributed by atoms with Gasteiger partial charge in [-0.3, -0.25) is 4.79 Å². The van der Waals surface area contributed by atoms with Crippen molar-refractivity contribution < 1.29 is 4.79 Å². The number of thioether (sulfide) groups is 1. The fourth-order valence-electron chi connectivity index (χ4n) is 1.28. The summed E-state index contributed by atoms with van der Waals surface area (Å²) in [5.74, 6) is 0. The smallest absolute Gasteiger partial charge is 0.176 e. The first-order valence-electron chi connectivity index (χ1n) is 3.52. The molecule has 0 spiro atoms. The molecule has 9 heavy (non-hydrogen) atoms. The fourth-order valence-corrected chi connectivity index (χ4v) is 2.04. The Balaban J connectivity index is 2.15. The van der Waals surface area contributed by atoms with E-state index in [1.54, 1.807) is 0 Å². The van der Waals surface area contributed by atoms with Crippen molar-refractivity contribution in [2.24, 2.45) is 0 Å². The van der Waals surface area contributed by atoms with E-state index < -0.39 is 0 Å². The zero-order chi connectivity index (χ0) is 6.53. The summed E-state index contributed by atoms with van der Waals surface area (Å²) in [5.41, 5.74) is 0.982. The molecule has 1 aliphatic carbocycles. The van der Waals surface area contributed by atoms with Crippen LogP contribution in [0.4, 0.5) is 0 Å². The zero-order valence-corrected chi connectivity index (χ0v) is 6.32. The standard InChI is InChI=1S/C7H12OS/c8-6-9-7-4-2-1-3-5-7/h6-7H,1-5H2. The molecule has 1 nitrogen and oxygen atoms in total. The second-order valence-corrected chi connectivity index (χ2v) is 3.62. The van der Waals surface area contributed by atoms with Crippen LogP contribution in [0.15, 0.2) is 0 Å². The molecule has 0 aromatic rings. The first kappa shape index (κ1) is 7.13. The average Bonchev–Trinajstić information content (AvgIpc) is 1.91. The van der Waals surface area contributed by atoms with E-state index in [0.717, 1.165) is 5.62 Å². The molecule has 0 saturated heterocycles. The van der Waals surface area contributed by atoms with E-state index >= 15 is 0 Å². The van der Waals surface area contributed by atoms with Crippen LogP contribution in [0.2, 0.25) is 0 Å². The largest absolute Gasteiger partial charge is 0.291 e. The van der Waals surface area contributed by atoms with Crippen molar-refractivity contribution in [3.8, 4) is 0 Å². The van der Waals surface area contributed by atoms with E-state index in [2.05, 4.69) is 0 Å². The summed E-state index contributed by atoms with van der Waals surface area (Å²) in [7, 11) is 0. The molecule has 0 amide bonds. The van der Waals surface area contributed by atoms with Gasteiger partial charge >= 0.3 is 0 Å². The van der Waals surface area contributed by atoms with E-state index in [0.29, 0.717) is 5.25 Å². The Labute approximate surface area is 60.2 Å². The van der Waals surface area contributed by atoms with Crippen molar-refractivity contribution in [3.63, 3.8) is 0 Å². The Morgan fingerprint density at radius 3 is 2.44 bits per heavy atom. The molecular weight excluding hydrogens is 132 g/mol. The third-order valence-corrected chi connectivity index (χ3v) is 2.77. The van der Waals surface area contributed by atoms with Gasteiger partial charge < -0.3 is 0 Å². The summed E-state index contributed by atoms with van der Waals surface area (Å²) in [5, 5.41) is 0.649. The highest BCUT2D eigenvalue weighted by molar-refractivity contribution is 8.12. The summed E-state index contributed by atoms with van der Waals surface area (Å²) in [6.07, 6.45) is 6.53. The number of hydrogen-bond acceptors (Lipinski definition) is 2. The highest BCUT2D eigenvalue weighted by Gasteiger charge is 2.12. The lowest BCUT2D eigenvalue weighted by Gasteiger charge is -2.17. The summed E-state index contributed by atoms with van der Waals surface area (Å²) >= 11 is 1.47. The lowest BCUT2D eigenvalue weighted by Crippen LogP contribution is -2.07. The maximum absolute atomic E-state index is 10.0. The molecule has 1 aliphatic rings. The summed E-state index contributed by atoms with van der Waals surface area (Å²) < 4.78 is 0. The minimum absolute atomic E-state index is 0.649. The Kier molecular flexibility index (Phi) is 3.12. The summed E-state index contributed by atoms with van der Waals surface area (Å²) in [6.45, 7) is 0. The van der Waals surface area contributed by atoms with Crippen molar-refractivity contribution in [2.45, 2.75) is 37.4 Å². The molecule has 0 radical (unpaired) electrons. The molecule has 1 saturated carbocycles. The van der Waals surface area contributed by atoms with Gasteiger partial charge in [0.05, 0.1) is 0 Å². The highest BCUT2D eigenvalue weighted by atomic mass is 32.2. The van der Waals surface area contributed by atoms with Crippen LogP contribution in [-0.2, 0) is 4.79 Å². The predicted octanol–water partition coefficient (Wildman–Crippen LogP) is 2.24. The van der Waals surface area contributed by atoms with Crippen LogP contribution in [-0.4, -0.2) is 10.9 Å². The van der Waals surface area contributed by atoms with Crippen molar-refractivity contribution in [3.05, 3.63) is 0 Å². The summed E-state index contributed by atoms with van der Waals surface area (Å²) in [4.78, 5) is 10.0. The monoisotopic (exact) mass is 144 g/mol. The normalized spacial score (nSPS) is 21.8. The number of hydrogen-bond donors (Lipinski definition) is 0. The number of carbonyl (C=O) groups is 1. The Morgan fingerprint density at radius 2 is 1.89 bits per heavy atom. The third kappa shape index (κ3) is 2.39. The maximum atomic E-state index is 10.0.